The minimum atomic E-state index is -5.82. The standard InChI is InChI=1S/C2H8O7P2.Co.2K/c1-2(3,10(4,5)6)11(7,8)9;;;/h3H,1H3,(H2,4,5,6)(H2,7,8,9);;;/q;+2;2*+1/p-4. The van der Waals surface area contributed by atoms with Crippen LogP contribution in [0.4, 0.5) is 0 Å². The van der Waals surface area contributed by atoms with Crippen molar-refractivity contribution >= 4 is 15.2 Å². The van der Waals surface area contributed by atoms with Gasteiger partial charge in [0.2, 0.25) is 0 Å². The molecule has 0 aromatic carbocycles. The maximum atomic E-state index is 9.95. The van der Waals surface area contributed by atoms with E-state index in [1.165, 1.54) is 0 Å². The topological polar surface area (TPSA) is 147 Å². The van der Waals surface area contributed by atoms with E-state index in [0.29, 0.717) is 0 Å². The van der Waals surface area contributed by atoms with Crippen molar-refractivity contribution in [2.24, 2.45) is 0 Å². The van der Waals surface area contributed by atoms with E-state index in [2.05, 4.69) is 0 Å². The molecular formula is C2H4CoK2O7P2. The molecule has 0 bridgehead atoms. The van der Waals surface area contributed by atoms with E-state index in [9.17, 15) is 28.7 Å². The third-order valence-corrected chi connectivity index (χ3v) is 4.58. The Balaban J connectivity index is -0.000000167. The van der Waals surface area contributed by atoms with Gasteiger partial charge < -0.3 is 33.8 Å². The van der Waals surface area contributed by atoms with Crippen LogP contribution in [0.5, 0.6) is 0 Å². The molecule has 0 saturated carbocycles. The maximum absolute atomic E-state index is 9.95. The Morgan fingerprint density at radius 3 is 1.14 bits per heavy atom. The van der Waals surface area contributed by atoms with Gasteiger partial charge in [-0.3, -0.25) is 0 Å². The van der Waals surface area contributed by atoms with Gasteiger partial charge in [0.1, 0.15) is 5.08 Å². The summed E-state index contributed by atoms with van der Waals surface area (Å²) in [6.45, 7) is 0.133. The van der Waals surface area contributed by atoms with Crippen molar-refractivity contribution in [2.45, 2.75) is 12.0 Å². The second kappa shape index (κ2) is 9.02. The van der Waals surface area contributed by atoms with Gasteiger partial charge in [0.15, 0.2) is 0 Å². The minimum Gasteiger partial charge on any atom is -0.808 e. The number of hydrogen-bond donors (Lipinski definition) is 1. The van der Waals surface area contributed by atoms with E-state index in [4.69, 9.17) is 5.11 Å². The van der Waals surface area contributed by atoms with Crippen LogP contribution in [-0.4, -0.2) is 10.2 Å². The SMILES string of the molecule is CC(O)(P(=O)([O-])[O-])P(=O)([O-])[O-].[Co+2].[K+].[K+]. The molecule has 0 atom stereocenters. The molecule has 0 aromatic heterocycles. The molecule has 12 heteroatoms. The van der Waals surface area contributed by atoms with Crippen LogP contribution in [0.2, 0.25) is 0 Å². The second-order valence-electron chi connectivity index (χ2n) is 1.97. The quantitative estimate of drug-likeness (QED) is 0.388. The van der Waals surface area contributed by atoms with Crippen LogP contribution in [0.15, 0.2) is 0 Å². The zero-order valence-electron chi connectivity index (χ0n) is 7.62. The van der Waals surface area contributed by atoms with Gasteiger partial charge in [-0.1, -0.05) is 0 Å². The molecule has 0 unspecified atom stereocenters. The molecule has 0 spiro atoms. The van der Waals surface area contributed by atoms with Gasteiger partial charge in [0.25, 0.3) is 0 Å². The smallest absolute Gasteiger partial charge is 0.808 e. The molecule has 0 amide bonds. The molecule has 75 valence electrons. The summed E-state index contributed by atoms with van der Waals surface area (Å²) in [4.78, 5) is 39.8. The van der Waals surface area contributed by atoms with Crippen LogP contribution in [0.1, 0.15) is 6.92 Å². The fourth-order valence-corrected chi connectivity index (χ4v) is 1.35. The summed E-state index contributed by atoms with van der Waals surface area (Å²) in [5.41, 5.74) is 0. The first kappa shape index (κ1) is 26.6. The van der Waals surface area contributed by atoms with Crippen molar-refractivity contribution in [1.29, 1.82) is 0 Å². The second-order valence-corrected chi connectivity index (χ2v) is 6.05. The Morgan fingerprint density at radius 1 is 1.00 bits per heavy atom. The fraction of sp³-hybridized carbons (Fsp3) is 1.00. The van der Waals surface area contributed by atoms with Gasteiger partial charge in [0, 0.05) is 0 Å². The van der Waals surface area contributed by atoms with Crippen LogP contribution < -0.4 is 122 Å². The van der Waals surface area contributed by atoms with Crippen LogP contribution >= 0.6 is 15.2 Å². The summed E-state index contributed by atoms with van der Waals surface area (Å²) >= 11 is 0. The Labute approximate surface area is 176 Å². The van der Waals surface area contributed by atoms with Crippen molar-refractivity contribution in [1.82, 2.24) is 0 Å². The molecule has 0 saturated heterocycles. The maximum Gasteiger partial charge on any atom is 2.00 e. The van der Waals surface area contributed by atoms with Crippen molar-refractivity contribution in [2.75, 3.05) is 0 Å². The van der Waals surface area contributed by atoms with Gasteiger partial charge in [-0.05, 0) is 22.1 Å². The minimum absolute atomic E-state index is 0. The summed E-state index contributed by atoms with van der Waals surface area (Å²) in [5.74, 6) is 0. The van der Waals surface area contributed by atoms with Crippen LogP contribution in [0.3, 0.4) is 0 Å². The van der Waals surface area contributed by atoms with E-state index < -0.39 is 20.3 Å². The summed E-state index contributed by atoms with van der Waals surface area (Å²) in [7, 11) is -11.6. The van der Waals surface area contributed by atoms with E-state index in [-0.39, 0.29) is 126 Å². The van der Waals surface area contributed by atoms with E-state index >= 15 is 0 Å². The van der Waals surface area contributed by atoms with Crippen molar-refractivity contribution < 1.29 is 153 Å². The summed E-state index contributed by atoms with van der Waals surface area (Å²) in [6.07, 6.45) is 0. The van der Waals surface area contributed by atoms with Crippen molar-refractivity contribution in [3.05, 3.63) is 0 Å². The number of hydrogen-bond acceptors (Lipinski definition) is 7. The molecule has 0 fully saturated rings. The summed E-state index contributed by atoms with van der Waals surface area (Å²) in [5, 5.41) is 4.68. The Hall–Kier alpha value is 4.04. The van der Waals surface area contributed by atoms with E-state index in [1.807, 2.05) is 0 Å². The van der Waals surface area contributed by atoms with E-state index in [1.54, 1.807) is 0 Å². The molecule has 0 rings (SSSR count). The molecule has 0 aliphatic carbocycles. The summed E-state index contributed by atoms with van der Waals surface area (Å²) in [6, 6.07) is 0. The third kappa shape index (κ3) is 7.47. The predicted molar refractivity (Wildman–Crippen MR) is 25.8 cm³/mol. The first-order valence-corrected chi connectivity index (χ1v) is 5.35. The van der Waals surface area contributed by atoms with Crippen molar-refractivity contribution in [3.63, 3.8) is 0 Å². The molecule has 14 heavy (non-hydrogen) atoms. The number of rotatable bonds is 2. The Bertz CT molecular complexity index is 220. The van der Waals surface area contributed by atoms with Gasteiger partial charge in [-0.2, -0.15) is 0 Å². The molecule has 0 heterocycles. The zero-order chi connectivity index (χ0) is 9.50. The monoisotopic (exact) mass is 339 g/mol. The third-order valence-electron chi connectivity index (χ3n) is 1.04. The summed E-state index contributed by atoms with van der Waals surface area (Å²) < 4.78 is 19.9. The molecule has 0 aromatic rings. The molecular weight excluding hydrogens is 335 g/mol. The first-order chi connectivity index (χ1) is 4.50. The fourth-order valence-electron chi connectivity index (χ4n) is 0.150. The van der Waals surface area contributed by atoms with Gasteiger partial charge >= 0.3 is 120 Å². The average molecular weight is 339 g/mol. The molecule has 1 radical (unpaired) electrons. The van der Waals surface area contributed by atoms with Gasteiger partial charge in [0.05, 0.1) is 0 Å². The molecule has 0 aliphatic heterocycles. The average Bonchev–Trinajstić information content (AvgIpc) is 1.58. The Kier molecular flexibility index (Phi) is 17.1. The first-order valence-electron chi connectivity index (χ1n) is 2.27. The predicted octanol–water partition coefficient (Wildman–Crippen LogP) is -9.51. The number of aliphatic hydroxyl groups is 1. The van der Waals surface area contributed by atoms with Crippen LogP contribution in [0.25, 0.3) is 0 Å². The largest absolute Gasteiger partial charge is 2.00 e. The van der Waals surface area contributed by atoms with Gasteiger partial charge in [-0.25, -0.2) is 0 Å². The molecule has 7 nitrogen and oxygen atoms in total. The molecule has 0 aliphatic rings. The van der Waals surface area contributed by atoms with Gasteiger partial charge in [-0.15, -0.1) is 0 Å². The zero-order valence-corrected chi connectivity index (χ0v) is 16.7. The van der Waals surface area contributed by atoms with Crippen LogP contribution in [0, 0.1) is 0 Å². The Morgan fingerprint density at radius 2 is 1.14 bits per heavy atom. The van der Waals surface area contributed by atoms with Crippen LogP contribution in [-0.2, 0) is 25.9 Å². The molecule has 1 N–H and O–H groups in total. The normalized spacial score (nSPS) is 11.9. The van der Waals surface area contributed by atoms with Crippen molar-refractivity contribution in [3.8, 4) is 0 Å². The van der Waals surface area contributed by atoms with E-state index in [0.717, 1.165) is 0 Å².